The lowest BCUT2D eigenvalue weighted by molar-refractivity contribution is 0.0730. The Morgan fingerprint density at radius 2 is 1.89 bits per heavy atom. The fourth-order valence-electron chi connectivity index (χ4n) is 3.49. The molecule has 1 aliphatic heterocycles. The van der Waals surface area contributed by atoms with Crippen molar-refractivity contribution >= 4 is 15.9 Å². The average molecular weight is 397 g/mol. The predicted octanol–water partition coefficient (Wildman–Crippen LogP) is 0.716. The number of hydrogen-bond acceptors (Lipinski definition) is 6. The van der Waals surface area contributed by atoms with E-state index in [2.05, 4.69) is 5.32 Å². The van der Waals surface area contributed by atoms with E-state index < -0.39 is 10.0 Å². The number of sulfonamides is 1. The Balaban J connectivity index is 1.81. The molecule has 3 N–H and O–H groups in total. The van der Waals surface area contributed by atoms with Gasteiger partial charge in [0.2, 0.25) is 10.0 Å². The van der Waals surface area contributed by atoms with Gasteiger partial charge in [-0.15, -0.1) is 0 Å². The third-order valence-corrected chi connectivity index (χ3v) is 7.03. The summed E-state index contributed by atoms with van der Waals surface area (Å²) < 4.78 is 37.6. The number of amides is 1. The van der Waals surface area contributed by atoms with E-state index in [1.807, 2.05) is 0 Å². The Hall–Kier alpha value is -1.68. The Morgan fingerprint density at radius 1 is 1.22 bits per heavy atom. The highest BCUT2D eigenvalue weighted by molar-refractivity contribution is 7.89. The van der Waals surface area contributed by atoms with Crippen molar-refractivity contribution < 1.29 is 22.7 Å². The average Bonchev–Trinajstić information content (AvgIpc) is 2.69. The van der Waals surface area contributed by atoms with Gasteiger partial charge >= 0.3 is 0 Å². The first-order valence-electron chi connectivity index (χ1n) is 9.24. The predicted molar refractivity (Wildman–Crippen MR) is 100 cm³/mol. The molecular weight excluding hydrogens is 370 g/mol. The molecule has 2 fully saturated rings. The van der Waals surface area contributed by atoms with E-state index in [1.165, 1.54) is 29.6 Å². The van der Waals surface area contributed by atoms with Crippen LogP contribution in [0.4, 0.5) is 0 Å². The van der Waals surface area contributed by atoms with Crippen LogP contribution in [0, 0.1) is 0 Å². The highest BCUT2D eigenvalue weighted by atomic mass is 32.2. The van der Waals surface area contributed by atoms with Crippen molar-refractivity contribution in [2.75, 3.05) is 33.4 Å². The first-order chi connectivity index (χ1) is 12.9. The molecule has 1 heterocycles. The van der Waals surface area contributed by atoms with Gasteiger partial charge in [0.25, 0.3) is 5.91 Å². The standard InChI is InChI=1S/C18H27N3O5S/c1-25-17-7-6-15(27(23,24)21-8-10-26-11-9-21)12-16(17)18(22)20-14-4-2-13(19)3-5-14/h6-7,12-14H,2-5,8-11,19H2,1H3,(H,20,22). The molecule has 1 aromatic carbocycles. The minimum absolute atomic E-state index is 0.0431. The summed E-state index contributed by atoms with van der Waals surface area (Å²) in [5.74, 6) is 0.0206. The normalized spacial score (nSPS) is 24.4. The number of nitrogens with zero attached hydrogens (tertiary/aromatic N) is 1. The van der Waals surface area contributed by atoms with Gasteiger partial charge in [0.15, 0.2) is 0 Å². The SMILES string of the molecule is COc1ccc(S(=O)(=O)N2CCOCC2)cc1C(=O)NC1CCC(N)CC1. The van der Waals surface area contributed by atoms with Gasteiger partial charge in [-0.25, -0.2) is 8.42 Å². The number of nitrogens with one attached hydrogen (secondary N) is 1. The van der Waals surface area contributed by atoms with Gasteiger partial charge in [0.05, 0.1) is 30.8 Å². The quantitative estimate of drug-likeness (QED) is 0.757. The van der Waals surface area contributed by atoms with Gasteiger partial charge < -0.3 is 20.5 Å². The molecule has 9 heteroatoms. The van der Waals surface area contributed by atoms with Crippen LogP contribution >= 0.6 is 0 Å². The van der Waals surface area contributed by atoms with Crippen molar-refractivity contribution in [2.45, 2.75) is 42.7 Å². The molecule has 1 amide bonds. The fraction of sp³-hybridized carbons (Fsp3) is 0.611. The first kappa shape index (κ1) is 20.1. The molecule has 3 rings (SSSR count). The largest absolute Gasteiger partial charge is 0.496 e. The molecule has 2 aliphatic rings. The number of carbonyl (C=O) groups is 1. The second-order valence-corrected chi connectivity index (χ2v) is 8.90. The molecule has 0 unspecified atom stereocenters. The van der Waals surface area contributed by atoms with Gasteiger partial charge in [0, 0.05) is 25.2 Å². The summed E-state index contributed by atoms with van der Waals surface area (Å²) in [6, 6.07) is 4.63. The molecule has 1 saturated heterocycles. The molecule has 0 radical (unpaired) electrons. The van der Waals surface area contributed by atoms with Crippen LogP contribution in [0.2, 0.25) is 0 Å². The van der Waals surface area contributed by atoms with Crippen molar-refractivity contribution in [3.63, 3.8) is 0 Å². The number of nitrogens with two attached hydrogens (primary N) is 1. The summed E-state index contributed by atoms with van der Waals surface area (Å²) in [5, 5.41) is 2.99. The van der Waals surface area contributed by atoms with Crippen molar-refractivity contribution in [2.24, 2.45) is 5.73 Å². The number of morpholine rings is 1. The molecule has 27 heavy (non-hydrogen) atoms. The molecule has 1 aliphatic carbocycles. The molecule has 1 aromatic rings. The Labute approximate surface area is 160 Å². The summed E-state index contributed by atoms with van der Waals surface area (Å²) in [5.41, 5.74) is 6.13. The second kappa shape index (κ2) is 8.55. The number of hydrogen-bond donors (Lipinski definition) is 2. The van der Waals surface area contributed by atoms with Crippen molar-refractivity contribution in [1.29, 1.82) is 0 Å². The molecule has 8 nitrogen and oxygen atoms in total. The maximum atomic E-state index is 12.9. The van der Waals surface area contributed by atoms with Gasteiger partial charge in [-0.2, -0.15) is 4.31 Å². The van der Waals surface area contributed by atoms with E-state index in [9.17, 15) is 13.2 Å². The summed E-state index contributed by atoms with van der Waals surface area (Å²) in [6.45, 7) is 1.34. The van der Waals surface area contributed by atoms with E-state index in [0.29, 0.717) is 32.1 Å². The molecule has 0 bridgehead atoms. The van der Waals surface area contributed by atoms with E-state index >= 15 is 0 Å². The zero-order valence-corrected chi connectivity index (χ0v) is 16.3. The minimum Gasteiger partial charge on any atom is -0.496 e. The molecule has 0 spiro atoms. The third-order valence-electron chi connectivity index (χ3n) is 5.13. The van der Waals surface area contributed by atoms with Gasteiger partial charge in [-0.05, 0) is 43.9 Å². The molecule has 150 valence electrons. The smallest absolute Gasteiger partial charge is 0.255 e. The number of methoxy groups -OCH3 is 1. The van der Waals surface area contributed by atoms with Crippen LogP contribution < -0.4 is 15.8 Å². The van der Waals surface area contributed by atoms with E-state index in [4.69, 9.17) is 15.2 Å². The first-order valence-corrected chi connectivity index (χ1v) is 10.7. The van der Waals surface area contributed by atoms with Crippen LogP contribution in [0.15, 0.2) is 23.1 Å². The van der Waals surface area contributed by atoms with Gasteiger partial charge in [-0.3, -0.25) is 4.79 Å². The highest BCUT2D eigenvalue weighted by Gasteiger charge is 2.28. The number of carbonyl (C=O) groups excluding carboxylic acids is 1. The summed E-state index contributed by atoms with van der Waals surface area (Å²) >= 11 is 0. The zero-order valence-electron chi connectivity index (χ0n) is 15.5. The Morgan fingerprint density at radius 3 is 2.52 bits per heavy atom. The monoisotopic (exact) mass is 397 g/mol. The number of rotatable bonds is 5. The summed E-state index contributed by atoms with van der Waals surface area (Å²) in [4.78, 5) is 12.9. The number of benzene rings is 1. The molecule has 1 saturated carbocycles. The van der Waals surface area contributed by atoms with E-state index in [1.54, 1.807) is 0 Å². The molecular formula is C18H27N3O5S. The lowest BCUT2D eigenvalue weighted by atomic mass is 9.91. The summed E-state index contributed by atoms with van der Waals surface area (Å²) in [7, 11) is -2.22. The van der Waals surface area contributed by atoms with Crippen molar-refractivity contribution in [3.05, 3.63) is 23.8 Å². The third kappa shape index (κ3) is 4.60. The van der Waals surface area contributed by atoms with Crippen LogP contribution in [0.1, 0.15) is 36.0 Å². The Bertz CT molecular complexity index is 769. The van der Waals surface area contributed by atoms with Crippen molar-refractivity contribution in [1.82, 2.24) is 9.62 Å². The van der Waals surface area contributed by atoms with Crippen LogP contribution in [0.3, 0.4) is 0 Å². The fourth-order valence-corrected chi connectivity index (χ4v) is 4.92. The maximum absolute atomic E-state index is 12.9. The minimum atomic E-state index is -3.68. The second-order valence-electron chi connectivity index (χ2n) is 6.96. The van der Waals surface area contributed by atoms with Crippen LogP contribution in [0.5, 0.6) is 5.75 Å². The van der Waals surface area contributed by atoms with Crippen molar-refractivity contribution in [3.8, 4) is 5.75 Å². The highest BCUT2D eigenvalue weighted by Crippen LogP contribution is 2.26. The van der Waals surface area contributed by atoms with Crippen LogP contribution in [-0.4, -0.2) is 64.1 Å². The topological polar surface area (TPSA) is 111 Å². The Kier molecular flexibility index (Phi) is 6.36. The lowest BCUT2D eigenvalue weighted by Gasteiger charge is -2.27. The molecule has 0 atom stereocenters. The maximum Gasteiger partial charge on any atom is 0.255 e. The lowest BCUT2D eigenvalue weighted by Crippen LogP contribution is -2.41. The van der Waals surface area contributed by atoms with E-state index in [0.717, 1.165) is 25.7 Å². The zero-order chi connectivity index (χ0) is 19.4. The van der Waals surface area contributed by atoms with Gasteiger partial charge in [-0.1, -0.05) is 0 Å². The van der Waals surface area contributed by atoms with Crippen LogP contribution in [0.25, 0.3) is 0 Å². The molecule has 0 aromatic heterocycles. The van der Waals surface area contributed by atoms with E-state index in [-0.39, 0.29) is 28.4 Å². The number of ether oxygens (including phenoxy) is 2. The van der Waals surface area contributed by atoms with Crippen LogP contribution in [-0.2, 0) is 14.8 Å². The summed E-state index contributed by atoms with van der Waals surface area (Å²) in [6.07, 6.45) is 3.38. The van der Waals surface area contributed by atoms with Gasteiger partial charge in [0.1, 0.15) is 5.75 Å².